The van der Waals surface area contributed by atoms with Gasteiger partial charge in [0.05, 0.1) is 4.90 Å². The van der Waals surface area contributed by atoms with Gasteiger partial charge in [-0.2, -0.15) is 8.42 Å². The highest BCUT2D eigenvalue weighted by atomic mass is 32.2. The molecule has 0 aliphatic rings. The smallest absolute Gasteiger partial charge is 0.294 e. The van der Waals surface area contributed by atoms with Gasteiger partial charge in [-0.15, -0.1) is 0 Å². The second-order valence-corrected chi connectivity index (χ2v) is 9.41. The summed E-state index contributed by atoms with van der Waals surface area (Å²) in [6.45, 7) is 2.26. The third kappa shape index (κ3) is 9.77. The van der Waals surface area contributed by atoms with Crippen LogP contribution in [0, 0.1) is 0 Å². The summed E-state index contributed by atoms with van der Waals surface area (Å²) in [5, 5.41) is 0. The molecule has 0 radical (unpaired) electrons. The Balaban J connectivity index is 1.67. The van der Waals surface area contributed by atoms with Crippen molar-refractivity contribution >= 4 is 10.1 Å². The Hall–Kier alpha value is -1.85. The minimum Gasteiger partial charge on any atom is -0.457 e. The highest BCUT2D eigenvalue weighted by Crippen LogP contribution is 2.25. The molecule has 0 amide bonds. The third-order valence-corrected chi connectivity index (χ3v) is 6.16. The molecule has 0 fully saturated rings. The van der Waals surface area contributed by atoms with E-state index in [4.69, 9.17) is 4.74 Å². The van der Waals surface area contributed by atoms with Gasteiger partial charge in [0.25, 0.3) is 10.1 Å². The van der Waals surface area contributed by atoms with Crippen LogP contribution in [-0.4, -0.2) is 13.0 Å². The van der Waals surface area contributed by atoms with Crippen molar-refractivity contribution in [1.82, 2.24) is 0 Å². The fourth-order valence-electron chi connectivity index (χ4n) is 3.59. The van der Waals surface area contributed by atoms with Crippen molar-refractivity contribution in [2.75, 3.05) is 0 Å². The lowest BCUT2D eigenvalue weighted by molar-refractivity contribution is 0.471. The predicted octanol–water partition coefficient (Wildman–Crippen LogP) is 7.58. The summed E-state index contributed by atoms with van der Waals surface area (Å²) >= 11 is 0. The van der Waals surface area contributed by atoms with Gasteiger partial charge < -0.3 is 4.74 Å². The van der Waals surface area contributed by atoms with Crippen molar-refractivity contribution in [3.8, 4) is 11.5 Å². The lowest BCUT2D eigenvalue weighted by Gasteiger charge is -2.09. The van der Waals surface area contributed by atoms with Gasteiger partial charge >= 0.3 is 0 Å². The number of hydrogen-bond acceptors (Lipinski definition) is 3. The summed E-state index contributed by atoms with van der Waals surface area (Å²) in [7, 11) is -4.23. The Bertz CT molecular complexity index is 846. The molecule has 30 heavy (non-hydrogen) atoms. The van der Waals surface area contributed by atoms with Crippen molar-refractivity contribution in [3.63, 3.8) is 0 Å². The maximum Gasteiger partial charge on any atom is 0.294 e. The van der Waals surface area contributed by atoms with Gasteiger partial charge in [0, 0.05) is 6.07 Å². The van der Waals surface area contributed by atoms with E-state index in [9.17, 15) is 13.0 Å². The van der Waals surface area contributed by atoms with Gasteiger partial charge in [-0.25, -0.2) is 0 Å². The number of aryl methyl sites for hydroxylation is 1. The zero-order valence-electron chi connectivity index (χ0n) is 18.2. The zero-order chi connectivity index (χ0) is 21.7. The number of benzene rings is 2. The van der Waals surface area contributed by atoms with Crippen LogP contribution in [0.25, 0.3) is 0 Å². The summed E-state index contributed by atoms with van der Waals surface area (Å²) in [6.07, 6.45) is 15.7. The summed E-state index contributed by atoms with van der Waals surface area (Å²) in [5.41, 5.74) is 1.22. The Morgan fingerprint density at radius 3 is 1.87 bits per heavy atom. The molecule has 0 aromatic heterocycles. The summed E-state index contributed by atoms with van der Waals surface area (Å²) < 4.78 is 37.5. The van der Waals surface area contributed by atoms with Crippen molar-refractivity contribution in [2.45, 2.75) is 88.9 Å². The molecule has 4 nitrogen and oxygen atoms in total. The van der Waals surface area contributed by atoms with Crippen LogP contribution < -0.4 is 4.74 Å². The maximum absolute atomic E-state index is 11.3. The molecule has 0 saturated heterocycles. The van der Waals surface area contributed by atoms with E-state index in [-0.39, 0.29) is 4.90 Å². The van der Waals surface area contributed by atoms with Crippen LogP contribution in [0.1, 0.15) is 83.1 Å². The second-order valence-electron chi connectivity index (χ2n) is 7.98. The molecule has 5 heteroatoms. The van der Waals surface area contributed by atoms with E-state index in [1.54, 1.807) is 12.1 Å². The Labute approximate surface area is 182 Å². The van der Waals surface area contributed by atoms with Crippen LogP contribution >= 0.6 is 0 Å². The van der Waals surface area contributed by atoms with Crippen LogP contribution in [0.15, 0.2) is 53.4 Å². The Morgan fingerprint density at radius 1 is 0.733 bits per heavy atom. The minimum atomic E-state index is -4.23. The monoisotopic (exact) mass is 432 g/mol. The topological polar surface area (TPSA) is 63.6 Å². The molecular weight excluding hydrogens is 396 g/mol. The van der Waals surface area contributed by atoms with Crippen molar-refractivity contribution in [1.29, 1.82) is 0 Å². The number of unbranched alkanes of at least 4 members (excludes halogenated alkanes) is 10. The van der Waals surface area contributed by atoms with Crippen molar-refractivity contribution in [3.05, 3.63) is 54.1 Å². The van der Waals surface area contributed by atoms with E-state index >= 15 is 0 Å². The fraction of sp³-hybridized carbons (Fsp3) is 0.520. The van der Waals surface area contributed by atoms with E-state index in [0.717, 1.165) is 12.8 Å². The molecule has 2 rings (SSSR count). The van der Waals surface area contributed by atoms with Crippen molar-refractivity contribution in [2.24, 2.45) is 0 Å². The molecule has 0 heterocycles. The molecule has 0 aliphatic heterocycles. The van der Waals surface area contributed by atoms with E-state index in [2.05, 4.69) is 13.0 Å². The molecule has 0 aliphatic carbocycles. The lowest BCUT2D eigenvalue weighted by Crippen LogP contribution is -1.98. The summed E-state index contributed by atoms with van der Waals surface area (Å²) in [5.74, 6) is 1.06. The first kappa shape index (κ1) is 24.4. The van der Waals surface area contributed by atoms with E-state index in [1.165, 1.54) is 81.9 Å². The number of hydrogen-bond donors (Lipinski definition) is 1. The maximum atomic E-state index is 11.3. The summed E-state index contributed by atoms with van der Waals surface area (Å²) in [6, 6.07) is 13.8. The molecule has 0 saturated carbocycles. The Morgan fingerprint density at radius 2 is 1.27 bits per heavy atom. The molecule has 0 spiro atoms. The molecular formula is C25H36O4S. The summed E-state index contributed by atoms with van der Waals surface area (Å²) in [4.78, 5) is -0.169. The first-order chi connectivity index (χ1) is 14.5. The fourth-order valence-corrected chi connectivity index (χ4v) is 4.11. The molecule has 166 valence electrons. The zero-order valence-corrected chi connectivity index (χ0v) is 19.0. The van der Waals surface area contributed by atoms with Crippen molar-refractivity contribution < 1.29 is 17.7 Å². The number of rotatable bonds is 15. The van der Waals surface area contributed by atoms with E-state index in [0.29, 0.717) is 11.5 Å². The lowest BCUT2D eigenvalue weighted by atomic mass is 10.0. The van der Waals surface area contributed by atoms with E-state index < -0.39 is 10.1 Å². The first-order valence-electron chi connectivity index (χ1n) is 11.3. The van der Waals surface area contributed by atoms with E-state index in [1.807, 2.05) is 18.2 Å². The molecule has 2 aromatic rings. The normalized spacial score (nSPS) is 11.5. The highest BCUT2D eigenvalue weighted by molar-refractivity contribution is 7.85. The third-order valence-electron chi connectivity index (χ3n) is 5.31. The van der Waals surface area contributed by atoms with Gasteiger partial charge in [-0.3, -0.25) is 4.55 Å². The molecule has 2 aromatic carbocycles. The predicted molar refractivity (Wildman–Crippen MR) is 123 cm³/mol. The van der Waals surface area contributed by atoms with Gasteiger partial charge in [0.2, 0.25) is 0 Å². The minimum absolute atomic E-state index is 0.169. The van der Waals surface area contributed by atoms with Crippen LogP contribution in [0.3, 0.4) is 0 Å². The average molecular weight is 433 g/mol. The molecule has 0 bridgehead atoms. The van der Waals surface area contributed by atoms with Crippen LogP contribution in [0.4, 0.5) is 0 Å². The Kier molecular flexibility index (Phi) is 11.0. The van der Waals surface area contributed by atoms with Gasteiger partial charge in [-0.05, 0) is 42.7 Å². The van der Waals surface area contributed by atoms with Gasteiger partial charge in [-0.1, -0.05) is 89.3 Å². The van der Waals surface area contributed by atoms with Gasteiger partial charge in [0.1, 0.15) is 11.5 Å². The number of ether oxygens (including phenoxy) is 1. The van der Waals surface area contributed by atoms with Gasteiger partial charge in [0.15, 0.2) is 0 Å². The highest BCUT2D eigenvalue weighted by Gasteiger charge is 2.10. The van der Waals surface area contributed by atoms with Crippen LogP contribution in [-0.2, 0) is 16.5 Å². The van der Waals surface area contributed by atoms with Crippen LogP contribution in [0.2, 0.25) is 0 Å². The molecule has 0 unspecified atom stereocenters. The average Bonchev–Trinajstić information content (AvgIpc) is 2.72. The second kappa shape index (κ2) is 13.5. The largest absolute Gasteiger partial charge is 0.457 e. The molecule has 1 N–H and O–H groups in total. The quantitative estimate of drug-likeness (QED) is 0.233. The molecule has 0 atom stereocenters. The van der Waals surface area contributed by atoms with Crippen LogP contribution in [0.5, 0.6) is 11.5 Å². The first-order valence-corrected chi connectivity index (χ1v) is 12.8. The SMILES string of the molecule is CCCCCCCCCCCCCc1cccc(Oc2cccc(S(=O)(=O)O)c2)c1. The standard InChI is InChI=1S/C25H36O4S/c1-2-3-4-5-6-7-8-9-10-11-12-15-22-16-13-17-23(20-22)29-24-18-14-19-25(21-24)30(26,27)28/h13-14,16-21H,2-12,15H2,1H3,(H,26,27,28).